The molecule has 5 heteroatoms. The molecule has 0 atom stereocenters. The van der Waals surface area contributed by atoms with E-state index in [0.29, 0.717) is 5.56 Å². The number of carboxylic acids is 1. The van der Waals surface area contributed by atoms with Gasteiger partial charge in [0.25, 0.3) is 0 Å². The summed E-state index contributed by atoms with van der Waals surface area (Å²) in [6, 6.07) is 13.7. The van der Waals surface area contributed by atoms with Crippen LogP contribution in [0.25, 0.3) is 0 Å². The van der Waals surface area contributed by atoms with Crippen LogP contribution in [0.5, 0.6) is 0 Å². The monoisotopic (exact) mass is 339 g/mol. The summed E-state index contributed by atoms with van der Waals surface area (Å²) >= 11 is 0. The van der Waals surface area contributed by atoms with Crippen LogP contribution in [0.1, 0.15) is 41.3 Å². The minimum atomic E-state index is -0.949. The fourth-order valence-electron chi connectivity index (χ4n) is 2.72. The summed E-state index contributed by atoms with van der Waals surface area (Å²) in [6.45, 7) is 1.44. The predicted octanol–water partition coefficient (Wildman–Crippen LogP) is 3.78. The van der Waals surface area contributed by atoms with Gasteiger partial charge < -0.3 is 15.2 Å². The van der Waals surface area contributed by atoms with Crippen molar-refractivity contribution in [3.63, 3.8) is 0 Å². The Morgan fingerprint density at radius 1 is 1.04 bits per heavy atom. The Hall–Kier alpha value is -2.95. The van der Waals surface area contributed by atoms with Gasteiger partial charge in [0, 0.05) is 23.4 Å². The van der Waals surface area contributed by atoms with Crippen molar-refractivity contribution in [1.29, 1.82) is 0 Å². The Balaban J connectivity index is 0.000000701. The van der Waals surface area contributed by atoms with Gasteiger partial charge in [-0.25, -0.2) is 0 Å². The molecule has 2 aromatic carbocycles. The number of nitrogens with one attached hydrogen (secondary N) is 1. The van der Waals surface area contributed by atoms with Gasteiger partial charge in [0.2, 0.25) is 0 Å². The standard InChI is InChI=1S/C18H17NO3.C2H4O/c20-17(9-10-18(21)22)14-8-7-13-6-5-12-3-1-2-4-15(12)19-16(13)11-14;1-2-3/h1-4,7-8,11,19H,5-6,9-10H2,(H,21,22);2H,1H3. The first-order chi connectivity index (χ1) is 12.0. The van der Waals surface area contributed by atoms with Gasteiger partial charge >= 0.3 is 5.97 Å². The predicted molar refractivity (Wildman–Crippen MR) is 96.5 cm³/mol. The number of carboxylic acid groups (broad SMARTS) is 1. The Kier molecular flexibility index (Phi) is 6.46. The molecule has 25 heavy (non-hydrogen) atoms. The number of hydrogen-bond acceptors (Lipinski definition) is 4. The minimum absolute atomic E-state index is 0.0324. The number of ketones is 1. The second kappa shape index (κ2) is 8.78. The Bertz CT molecular complexity index is 783. The number of hydrogen-bond donors (Lipinski definition) is 2. The van der Waals surface area contributed by atoms with Crippen LogP contribution in [-0.4, -0.2) is 23.1 Å². The molecule has 1 aliphatic heterocycles. The van der Waals surface area contributed by atoms with Crippen molar-refractivity contribution in [3.05, 3.63) is 59.2 Å². The molecule has 0 spiro atoms. The molecule has 1 heterocycles. The molecule has 0 saturated heterocycles. The van der Waals surface area contributed by atoms with Crippen molar-refractivity contribution in [2.24, 2.45) is 0 Å². The lowest BCUT2D eigenvalue weighted by Gasteiger charge is -2.11. The molecule has 0 unspecified atom stereocenters. The number of aldehydes is 1. The van der Waals surface area contributed by atoms with E-state index in [1.807, 2.05) is 30.3 Å². The van der Waals surface area contributed by atoms with Gasteiger partial charge in [0.1, 0.15) is 6.29 Å². The molecule has 0 bridgehead atoms. The first-order valence-electron chi connectivity index (χ1n) is 8.17. The lowest BCUT2D eigenvalue weighted by atomic mass is 10.0. The quantitative estimate of drug-likeness (QED) is 0.654. The lowest BCUT2D eigenvalue weighted by Crippen LogP contribution is -2.05. The van der Waals surface area contributed by atoms with E-state index < -0.39 is 5.97 Å². The molecule has 2 N–H and O–H groups in total. The van der Waals surface area contributed by atoms with Gasteiger partial charge in [0.15, 0.2) is 5.78 Å². The highest BCUT2D eigenvalue weighted by molar-refractivity contribution is 5.98. The summed E-state index contributed by atoms with van der Waals surface area (Å²) < 4.78 is 0. The zero-order valence-corrected chi connectivity index (χ0v) is 14.1. The van der Waals surface area contributed by atoms with Gasteiger partial charge in [-0.3, -0.25) is 9.59 Å². The topological polar surface area (TPSA) is 83.5 Å². The molecule has 0 fully saturated rings. The highest BCUT2D eigenvalue weighted by Gasteiger charge is 2.15. The van der Waals surface area contributed by atoms with Crippen molar-refractivity contribution in [2.45, 2.75) is 32.6 Å². The van der Waals surface area contributed by atoms with Crippen LogP contribution >= 0.6 is 0 Å². The van der Waals surface area contributed by atoms with E-state index in [1.165, 1.54) is 18.1 Å². The van der Waals surface area contributed by atoms with E-state index in [-0.39, 0.29) is 18.6 Å². The second-order valence-corrected chi connectivity index (χ2v) is 5.71. The minimum Gasteiger partial charge on any atom is -0.481 e. The van der Waals surface area contributed by atoms with Crippen molar-refractivity contribution >= 4 is 29.4 Å². The highest BCUT2D eigenvalue weighted by Crippen LogP contribution is 2.30. The molecule has 130 valence electrons. The van der Waals surface area contributed by atoms with E-state index in [1.54, 1.807) is 6.07 Å². The number of aliphatic carboxylic acids is 1. The number of anilines is 2. The number of carbonyl (C=O) groups is 3. The van der Waals surface area contributed by atoms with Crippen LogP contribution in [0.4, 0.5) is 11.4 Å². The smallest absolute Gasteiger partial charge is 0.303 e. The molecule has 0 amide bonds. The third kappa shape index (κ3) is 5.01. The Morgan fingerprint density at radius 3 is 2.36 bits per heavy atom. The van der Waals surface area contributed by atoms with Crippen molar-refractivity contribution < 1.29 is 19.5 Å². The molecular formula is C20H21NO4. The molecule has 0 radical (unpaired) electrons. The first kappa shape index (κ1) is 18.4. The summed E-state index contributed by atoms with van der Waals surface area (Å²) in [5.41, 5.74) is 5.00. The van der Waals surface area contributed by atoms with Gasteiger partial charge in [-0.2, -0.15) is 0 Å². The van der Waals surface area contributed by atoms with Crippen LogP contribution in [0.15, 0.2) is 42.5 Å². The van der Waals surface area contributed by atoms with Crippen LogP contribution in [-0.2, 0) is 22.4 Å². The largest absolute Gasteiger partial charge is 0.481 e. The lowest BCUT2D eigenvalue weighted by molar-refractivity contribution is -0.136. The summed E-state index contributed by atoms with van der Waals surface area (Å²) in [5, 5.41) is 12.1. The van der Waals surface area contributed by atoms with Crippen LogP contribution < -0.4 is 5.32 Å². The number of benzene rings is 2. The average molecular weight is 339 g/mol. The van der Waals surface area contributed by atoms with Crippen LogP contribution in [0.2, 0.25) is 0 Å². The van der Waals surface area contributed by atoms with Crippen molar-refractivity contribution in [1.82, 2.24) is 0 Å². The highest BCUT2D eigenvalue weighted by atomic mass is 16.4. The maximum Gasteiger partial charge on any atom is 0.303 e. The molecule has 3 rings (SSSR count). The van der Waals surface area contributed by atoms with Gasteiger partial charge in [-0.05, 0) is 43.0 Å². The fourth-order valence-corrected chi connectivity index (χ4v) is 2.72. The molecule has 0 aromatic heterocycles. The van der Waals surface area contributed by atoms with E-state index >= 15 is 0 Å². The number of Topliss-reactive ketones (excluding diaryl/α,β-unsaturated/α-hetero) is 1. The summed E-state index contributed by atoms with van der Waals surface area (Å²) in [4.78, 5) is 31.5. The van der Waals surface area contributed by atoms with E-state index in [0.717, 1.165) is 30.5 Å². The molecule has 0 aliphatic carbocycles. The number of fused-ring (bicyclic) bond motifs is 2. The molecule has 2 aromatic rings. The van der Waals surface area contributed by atoms with E-state index in [9.17, 15) is 9.59 Å². The molecule has 1 aliphatic rings. The van der Waals surface area contributed by atoms with E-state index in [4.69, 9.17) is 9.90 Å². The SMILES string of the molecule is CC=O.O=C(O)CCC(=O)c1ccc2c(c1)Nc1ccccc1CC2. The maximum absolute atomic E-state index is 12.1. The third-order valence-corrected chi connectivity index (χ3v) is 3.95. The summed E-state index contributed by atoms with van der Waals surface area (Å²) in [6.07, 6.45) is 2.53. The van der Waals surface area contributed by atoms with Gasteiger partial charge in [-0.1, -0.05) is 30.3 Å². The Labute approximate surface area is 146 Å². The zero-order chi connectivity index (χ0) is 18.2. The van der Waals surface area contributed by atoms with E-state index in [2.05, 4.69) is 11.4 Å². The van der Waals surface area contributed by atoms with Crippen molar-refractivity contribution in [2.75, 3.05) is 5.32 Å². The normalized spacial score (nSPS) is 11.6. The average Bonchev–Trinajstić information content (AvgIpc) is 2.78. The number of para-hydroxylation sites is 1. The first-order valence-corrected chi connectivity index (χ1v) is 8.17. The molecular weight excluding hydrogens is 318 g/mol. The Morgan fingerprint density at radius 2 is 1.68 bits per heavy atom. The zero-order valence-electron chi connectivity index (χ0n) is 14.1. The second-order valence-electron chi connectivity index (χ2n) is 5.71. The third-order valence-electron chi connectivity index (χ3n) is 3.95. The molecule has 5 nitrogen and oxygen atoms in total. The number of aryl methyl sites for hydroxylation is 2. The van der Waals surface area contributed by atoms with Gasteiger partial charge in [-0.15, -0.1) is 0 Å². The van der Waals surface area contributed by atoms with Crippen molar-refractivity contribution in [3.8, 4) is 0 Å². The molecule has 0 saturated carbocycles. The number of rotatable bonds is 4. The fraction of sp³-hybridized carbons (Fsp3) is 0.250. The van der Waals surface area contributed by atoms with Crippen LogP contribution in [0.3, 0.4) is 0 Å². The van der Waals surface area contributed by atoms with Gasteiger partial charge in [0.05, 0.1) is 6.42 Å². The maximum atomic E-state index is 12.1. The van der Waals surface area contributed by atoms with Crippen LogP contribution in [0, 0.1) is 0 Å². The number of carbonyl (C=O) groups excluding carboxylic acids is 2. The summed E-state index contributed by atoms with van der Waals surface area (Å²) in [5.74, 6) is -1.08. The summed E-state index contributed by atoms with van der Waals surface area (Å²) in [7, 11) is 0.